The third-order valence-corrected chi connectivity index (χ3v) is 8.59. The average Bonchev–Trinajstić information content (AvgIpc) is 3.55. The van der Waals surface area contributed by atoms with E-state index in [2.05, 4.69) is 21.7 Å². The van der Waals surface area contributed by atoms with Gasteiger partial charge in [-0.25, -0.2) is 18.6 Å². The van der Waals surface area contributed by atoms with Crippen molar-refractivity contribution in [3.8, 4) is 6.07 Å². The Morgan fingerprint density at radius 2 is 2.00 bits per heavy atom. The fourth-order valence-electron chi connectivity index (χ4n) is 5.70. The van der Waals surface area contributed by atoms with Gasteiger partial charge in [-0.3, -0.25) is 4.79 Å². The van der Waals surface area contributed by atoms with Crippen LogP contribution in [0.15, 0.2) is 47.3 Å². The van der Waals surface area contributed by atoms with Crippen molar-refractivity contribution >= 4 is 46.4 Å². The van der Waals surface area contributed by atoms with Gasteiger partial charge in [0.25, 0.3) is 0 Å². The third kappa shape index (κ3) is 6.30. The number of benzene rings is 2. The lowest BCUT2D eigenvalue weighted by Gasteiger charge is -2.37. The molecule has 42 heavy (non-hydrogen) atoms. The summed E-state index contributed by atoms with van der Waals surface area (Å²) in [4.78, 5) is 31.0. The Balaban J connectivity index is 1.91. The molecule has 1 aliphatic rings. The first-order valence-electron chi connectivity index (χ1n) is 13.1. The molecular weight excluding hydrogens is 605 g/mol. The molecular formula is C30H30Cl2F2N4O3S. The first kappa shape index (κ1) is 31.8. The maximum Gasteiger partial charge on any atom is 0.328 e. The summed E-state index contributed by atoms with van der Waals surface area (Å²) in [5, 5.41) is 18.5. The van der Waals surface area contributed by atoms with E-state index in [1.807, 2.05) is 20.8 Å². The summed E-state index contributed by atoms with van der Waals surface area (Å²) < 4.78 is 36.5. The van der Waals surface area contributed by atoms with Crippen molar-refractivity contribution in [1.29, 1.82) is 5.26 Å². The number of nitrogens with zero attached hydrogens (tertiary/aromatic N) is 2. The molecule has 0 saturated carbocycles. The van der Waals surface area contributed by atoms with E-state index in [1.165, 1.54) is 48.8 Å². The topological polar surface area (TPSA) is 104 Å². The Labute approximate surface area is 257 Å². The average molecular weight is 636 g/mol. The Bertz CT molecular complexity index is 1510. The van der Waals surface area contributed by atoms with Crippen LogP contribution in [0.5, 0.6) is 0 Å². The number of hydrogen-bond acceptors (Lipinski definition) is 7. The van der Waals surface area contributed by atoms with Crippen LogP contribution in [0.2, 0.25) is 10.0 Å². The molecule has 5 atom stereocenters. The van der Waals surface area contributed by atoms with Crippen LogP contribution in [0.1, 0.15) is 49.9 Å². The standard InChI is InChI=1S/C30H30Cl2F2N4O3S/c1-29(2,3)12-23-30(14-35,19-9-8-16(31)10-21(19)33)24(18-6-5-7-20(32)25(18)34)26(38-23)27(39)37-22(28(40)41-4)11-17-13-42-15-36-17/h5-10,13,15,22-24,26,38H,11-12H2,1-4H3,(H,37,39)/t22-,23-,24-,26+,30-/m0/s1. The summed E-state index contributed by atoms with van der Waals surface area (Å²) in [7, 11) is 1.20. The second kappa shape index (κ2) is 12.6. The van der Waals surface area contributed by atoms with Crippen LogP contribution in [-0.2, 0) is 26.2 Å². The summed E-state index contributed by atoms with van der Waals surface area (Å²) in [6.07, 6.45) is 0.357. The predicted octanol–water partition coefficient (Wildman–Crippen LogP) is 5.95. The number of hydrogen-bond donors (Lipinski definition) is 2. The molecule has 0 bridgehead atoms. The molecule has 1 aliphatic heterocycles. The fourth-order valence-corrected chi connectivity index (χ4v) is 6.61. The van der Waals surface area contributed by atoms with Gasteiger partial charge in [0.2, 0.25) is 5.91 Å². The number of rotatable bonds is 8. The highest BCUT2D eigenvalue weighted by Gasteiger charge is 2.61. The van der Waals surface area contributed by atoms with Gasteiger partial charge in [-0.15, -0.1) is 11.3 Å². The van der Waals surface area contributed by atoms with Crippen LogP contribution in [0.3, 0.4) is 0 Å². The minimum absolute atomic E-state index is 0.0391. The van der Waals surface area contributed by atoms with Gasteiger partial charge in [-0.1, -0.05) is 62.2 Å². The van der Waals surface area contributed by atoms with Crippen molar-refractivity contribution < 1.29 is 23.1 Å². The second-order valence-corrected chi connectivity index (χ2v) is 13.0. The van der Waals surface area contributed by atoms with Crippen molar-refractivity contribution in [2.45, 2.75) is 63.1 Å². The van der Waals surface area contributed by atoms with E-state index in [9.17, 15) is 14.9 Å². The fraction of sp³-hybridized carbons (Fsp3) is 0.400. The number of carbonyl (C=O) groups is 2. The summed E-state index contributed by atoms with van der Waals surface area (Å²) in [6, 6.07) is 7.29. The quantitative estimate of drug-likeness (QED) is 0.297. The van der Waals surface area contributed by atoms with Gasteiger partial charge in [-0.05, 0) is 35.6 Å². The highest BCUT2D eigenvalue weighted by Crippen LogP contribution is 2.52. The lowest BCUT2D eigenvalue weighted by atomic mass is 9.62. The van der Waals surface area contributed by atoms with Crippen molar-refractivity contribution in [3.63, 3.8) is 0 Å². The Morgan fingerprint density at radius 1 is 1.26 bits per heavy atom. The maximum absolute atomic E-state index is 15.8. The number of methoxy groups -OCH3 is 1. The van der Waals surface area contributed by atoms with Crippen LogP contribution in [0, 0.1) is 28.4 Å². The second-order valence-electron chi connectivity index (χ2n) is 11.5. The molecule has 7 nitrogen and oxygen atoms in total. The van der Waals surface area contributed by atoms with Crippen LogP contribution in [-0.4, -0.2) is 42.1 Å². The number of aromatic nitrogens is 1. The number of carbonyl (C=O) groups excluding carboxylic acids is 2. The van der Waals surface area contributed by atoms with Gasteiger partial charge < -0.3 is 15.4 Å². The van der Waals surface area contributed by atoms with Gasteiger partial charge in [0.1, 0.15) is 23.1 Å². The molecule has 0 radical (unpaired) electrons. The zero-order valence-electron chi connectivity index (χ0n) is 23.4. The minimum Gasteiger partial charge on any atom is -0.467 e. The molecule has 12 heteroatoms. The van der Waals surface area contributed by atoms with Gasteiger partial charge in [0, 0.05) is 34.3 Å². The number of esters is 1. The van der Waals surface area contributed by atoms with Crippen LogP contribution in [0.25, 0.3) is 0 Å². The van der Waals surface area contributed by atoms with Crippen molar-refractivity contribution in [3.05, 3.63) is 85.8 Å². The number of nitriles is 1. The Morgan fingerprint density at radius 3 is 2.60 bits per heavy atom. The number of ether oxygens (including phenoxy) is 1. The molecule has 1 saturated heterocycles. The van der Waals surface area contributed by atoms with Crippen LogP contribution < -0.4 is 10.6 Å². The molecule has 3 aromatic rings. The molecule has 2 aromatic carbocycles. The molecule has 222 valence electrons. The van der Waals surface area contributed by atoms with Crippen molar-refractivity contribution in [1.82, 2.24) is 15.6 Å². The molecule has 1 fully saturated rings. The van der Waals surface area contributed by atoms with Crippen LogP contribution in [0.4, 0.5) is 8.78 Å². The van der Waals surface area contributed by atoms with Gasteiger partial charge in [0.15, 0.2) is 0 Å². The number of amides is 1. The Kier molecular flexibility index (Phi) is 9.58. The van der Waals surface area contributed by atoms with E-state index in [0.29, 0.717) is 12.1 Å². The number of halogens is 4. The molecule has 2 heterocycles. The van der Waals surface area contributed by atoms with E-state index in [-0.39, 0.29) is 27.6 Å². The van der Waals surface area contributed by atoms with Crippen molar-refractivity contribution in [2.75, 3.05) is 7.11 Å². The molecule has 1 aromatic heterocycles. The minimum atomic E-state index is -1.79. The predicted molar refractivity (Wildman–Crippen MR) is 157 cm³/mol. The maximum atomic E-state index is 15.8. The van der Waals surface area contributed by atoms with E-state index in [4.69, 9.17) is 27.9 Å². The first-order chi connectivity index (χ1) is 19.8. The first-order valence-corrected chi connectivity index (χ1v) is 14.8. The lowest BCUT2D eigenvalue weighted by Crippen LogP contribution is -2.51. The number of thiazole rings is 1. The number of nitrogens with one attached hydrogen (secondary N) is 2. The zero-order valence-corrected chi connectivity index (χ0v) is 25.7. The normalized spacial score (nSPS) is 22.8. The summed E-state index contributed by atoms with van der Waals surface area (Å²) in [6.45, 7) is 5.83. The monoisotopic (exact) mass is 634 g/mol. The van der Waals surface area contributed by atoms with E-state index < -0.39 is 58.4 Å². The van der Waals surface area contributed by atoms with Crippen LogP contribution >= 0.6 is 34.5 Å². The van der Waals surface area contributed by atoms with E-state index in [1.54, 1.807) is 10.9 Å². The molecule has 0 unspecified atom stereocenters. The smallest absolute Gasteiger partial charge is 0.328 e. The largest absolute Gasteiger partial charge is 0.467 e. The van der Waals surface area contributed by atoms with Gasteiger partial charge >= 0.3 is 5.97 Å². The molecule has 0 spiro atoms. The zero-order chi connectivity index (χ0) is 30.8. The highest BCUT2D eigenvalue weighted by molar-refractivity contribution is 7.07. The SMILES string of the molecule is COC(=O)[C@H](Cc1cscn1)NC(=O)[C@@H]1N[C@@H](CC(C)(C)C)[C@](C#N)(c2ccc(Cl)cc2F)[C@H]1c1cccc(Cl)c1F. The summed E-state index contributed by atoms with van der Waals surface area (Å²) >= 11 is 13.6. The lowest BCUT2D eigenvalue weighted by molar-refractivity contribution is -0.145. The van der Waals surface area contributed by atoms with Gasteiger partial charge in [0.05, 0.1) is 35.4 Å². The highest BCUT2D eigenvalue weighted by atomic mass is 35.5. The van der Waals surface area contributed by atoms with E-state index >= 15 is 8.78 Å². The Hall–Kier alpha value is -3.10. The summed E-state index contributed by atoms with van der Waals surface area (Å²) in [5.41, 5.74) is -0.108. The summed E-state index contributed by atoms with van der Waals surface area (Å²) in [5.74, 6) is -4.27. The third-order valence-electron chi connectivity index (χ3n) is 7.43. The van der Waals surface area contributed by atoms with E-state index in [0.717, 1.165) is 6.07 Å². The molecule has 2 N–H and O–H groups in total. The van der Waals surface area contributed by atoms with Gasteiger partial charge in [-0.2, -0.15) is 5.26 Å². The molecule has 0 aliphatic carbocycles. The molecule has 1 amide bonds. The van der Waals surface area contributed by atoms with Crippen molar-refractivity contribution in [2.24, 2.45) is 5.41 Å². The molecule has 4 rings (SSSR count).